The van der Waals surface area contributed by atoms with E-state index in [0.717, 1.165) is 31.2 Å². The summed E-state index contributed by atoms with van der Waals surface area (Å²) in [6, 6.07) is 11.1. The number of H-pyrrole nitrogens is 1. The zero-order valence-corrected chi connectivity index (χ0v) is 15.3. The van der Waals surface area contributed by atoms with Gasteiger partial charge in [0, 0.05) is 4.88 Å². The number of aliphatic hydroxyl groups is 1. The number of aliphatic hydroxyl groups excluding tert-OH is 1. The van der Waals surface area contributed by atoms with Crippen LogP contribution in [0.2, 0.25) is 0 Å². The van der Waals surface area contributed by atoms with Crippen molar-refractivity contribution < 1.29 is 14.6 Å². The van der Waals surface area contributed by atoms with Crippen LogP contribution >= 0.6 is 11.3 Å². The molecule has 2 N–H and O–H groups in total. The predicted molar refractivity (Wildman–Crippen MR) is 102 cm³/mol. The zero-order chi connectivity index (χ0) is 18.8. The van der Waals surface area contributed by atoms with Crippen LogP contribution in [0.25, 0.3) is 16.6 Å². The number of rotatable bonds is 4. The van der Waals surface area contributed by atoms with Crippen LogP contribution in [0.15, 0.2) is 36.1 Å². The highest BCUT2D eigenvalue weighted by Crippen LogP contribution is 2.30. The number of nitrogens with one attached hydrogen (secondary N) is 1. The minimum atomic E-state index is -0.483. The molecular formula is C20H17N3O3S. The fourth-order valence-corrected chi connectivity index (χ4v) is 4.34. The van der Waals surface area contributed by atoms with Crippen molar-refractivity contribution in [3.63, 3.8) is 0 Å². The molecule has 0 saturated heterocycles. The number of esters is 1. The lowest BCUT2D eigenvalue weighted by molar-refractivity contribution is 0.0508. The Hall–Kier alpha value is -3.11. The molecular weight excluding hydrogens is 362 g/mol. The summed E-state index contributed by atoms with van der Waals surface area (Å²) in [5.74, 6) is -0.562. The largest absolute Gasteiger partial charge is 0.507 e. The third-order valence-electron chi connectivity index (χ3n) is 4.56. The van der Waals surface area contributed by atoms with E-state index in [1.54, 1.807) is 6.07 Å². The van der Waals surface area contributed by atoms with Crippen molar-refractivity contribution in [2.45, 2.75) is 25.7 Å². The minimum absolute atomic E-state index is 0.0375. The monoisotopic (exact) mass is 379 g/mol. The van der Waals surface area contributed by atoms with E-state index in [9.17, 15) is 15.2 Å². The Kier molecular flexibility index (Phi) is 4.65. The van der Waals surface area contributed by atoms with E-state index < -0.39 is 5.97 Å². The van der Waals surface area contributed by atoms with E-state index in [2.05, 4.69) is 9.97 Å². The number of carbonyl (C=O) groups excluding carboxylic acids is 1. The summed E-state index contributed by atoms with van der Waals surface area (Å²) in [5.41, 5.74) is 2.63. The first-order valence-electron chi connectivity index (χ1n) is 8.71. The average Bonchev–Trinajstić information content (AvgIpc) is 3.30. The number of ether oxygens (including phenoxy) is 1. The van der Waals surface area contributed by atoms with Crippen LogP contribution in [-0.2, 0) is 17.6 Å². The second kappa shape index (κ2) is 7.25. The number of aromatic nitrogens is 2. The predicted octanol–water partition coefficient (Wildman–Crippen LogP) is 4.15. The Labute approximate surface area is 159 Å². The summed E-state index contributed by atoms with van der Waals surface area (Å²) in [4.78, 5) is 21.4. The summed E-state index contributed by atoms with van der Waals surface area (Å²) in [5, 5.41) is 19.7. The summed E-state index contributed by atoms with van der Waals surface area (Å²) in [6.07, 6.45) is 4.29. The van der Waals surface area contributed by atoms with Crippen molar-refractivity contribution in [1.29, 1.82) is 5.26 Å². The number of thiophene rings is 1. The van der Waals surface area contributed by atoms with E-state index in [1.807, 2.05) is 30.3 Å². The van der Waals surface area contributed by atoms with Gasteiger partial charge in [0.25, 0.3) is 0 Å². The number of carbonyl (C=O) groups is 1. The van der Waals surface area contributed by atoms with Crippen molar-refractivity contribution in [1.82, 2.24) is 9.97 Å². The lowest BCUT2D eigenvalue weighted by Crippen LogP contribution is -2.08. The number of imidazole rings is 1. The van der Waals surface area contributed by atoms with Crippen LogP contribution in [-0.4, -0.2) is 27.7 Å². The highest BCUT2D eigenvalue weighted by atomic mass is 32.1. The summed E-state index contributed by atoms with van der Waals surface area (Å²) >= 11 is 1.45. The summed E-state index contributed by atoms with van der Waals surface area (Å²) in [7, 11) is 0. The number of allylic oxidation sites excluding steroid dienone is 1. The molecule has 3 aromatic rings. The van der Waals surface area contributed by atoms with Crippen LogP contribution in [0, 0.1) is 11.3 Å². The number of aryl methyl sites for hydroxylation is 2. The van der Waals surface area contributed by atoms with Gasteiger partial charge in [-0.25, -0.2) is 9.78 Å². The van der Waals surface area contributed by atoms with Gasteiger partial charge in [-0.1, -0.05) is 12.1 Å². The molecule has 0 bridgehead atoms. The van der Waals surface area contributed by atoms with E-state index in [-0.39, 0.29) is 23.8 Å². The van der Waals surface area contributed by atoms with Crippen molar-refractivity contribution in [2.24, 2.45) is 0 Å². The van der Waals surface area contributed by atoms with Crippen molar-refractivity contribution in [3.05, 3.63) is 57.2 Å². The Balaban J connectivity index is 1.51. The van der Waals surface area contributed by atoms with Gasteiger partial charge in [0.05, 0.1) is 11.0 Å². The summed E-state index contributed by atoms with van der Waals surface area (Å²) < 4.78 is 5.22. The second-order valence-corrected chi connectivity index (χ2v) is 7.52. The van der Waals surface area contributed by atoms with Gasteiger partial charge in [0.15, 0.2) is 11.6 Å². The number of fused-ring (bicyclic) bond motifs is 2. The standard InChI is InChI=1S/C20H17N3O3S/c21-10-13(19-22-14-6-2-3-7-15(14)23-19)16(24)11-26-20(25)18-9-12-5-1-4-8-17(12)27-18/h2-3,6-7,9,24H,1,4-5,8,11H2,(H,22,23). The maximum Gasteiger partial charge on any atom is 0.348 e. The highest BCUT2D eigenvalue weighted by Gasteiger charge is 2.20. The Morgan fingerprint density at radius 2 is 2.15 bits per heavy atom. The number of hydrogen-bond donors (Lipinski definition) is 2. The van der Waals surface area contributed by atoms with E-state index >= 15 is 0 Å². The van der Waals surface area contributed by atoms with Gasteiger partial charge in [-0.15, -0.1) is 11.3 Å². The third-order valence-corrected chi connectivity index (χ3v) is 5.78. The molecule has 0 saturated carbocycles. The topological polar surface area (TPSA) is 99.0 Å². The molecule has 0 radical (unpaired) electrons. The quantitative estimate of drug-likeness (QED) is 0.403. The molecule has 0 unspecified atom stereocenters. The lowest BCUT2D eigenvalue weighted by atomic mass is 9.99. The highest BCUT2D eigenvalue weighted by molar-refractivity contribution is 7.14. The smallest absolute Gasteiger partial charge is 0.348 e. The molecule has 1 aliphatic rings. The number of benzene rings is 1. The zero-order valence-electron chi connectivity index (χ0n) is 14.5. The van der Waals surface area contributed by atoms with Crippen LogP contribution in [0.1, 0.15) is 38.8 Å². The minimum Gasteiger partial charge on any atom is -0.507 e. The van der Waals surface area contributed by atoms with E-state index in [1.165, 1.54) is 21.8 Å². The fraction of sp³-hybridized carbons (Fsp3) is 0.250. The summed E-state index contributed by atoms with van der Waals surface area (Å²) in [6.45, 7) is -0.374. The van der Waals surface area contributed by atoms with E-state index in [4.69, 9.17) is 4.74 Å². The van der Waals surface area contributed by atoms with Gasteiger partial charge in [-0.3, -0.25) is 0 Å². The number of para-hydroxylation sites is 2. The van der Waals surface area contributed by atoms with E-state index in [0.29, 0.717) is 10.4 Å². The van der Waals surface area contributed by atoms with Crippen molar-refractivity contribution in [3.8, 4) is 6.07 Å². The van der Waals surface area contributed by atoms with Gasteiger partial charge in [-0.05, 0) is 49.4 Å². The van der Waals surface area contributed by atoms with Crippen LogP contribution in [0.5, 0.6) is 0 Å². The molecule has 6 nitrogen and oxygen atoms in total. The molecule has 1 aliphatic carbocycles. The maximum atomic E-state index is 12.3. The molecule has 2 aromatic heterocycles. The molecule has 27 heavy (non-hydrogen) atoms. The molecule has 2 heterocycles. The van der Waals surface area contributed by atoms with Crippen LogP contribution in [0.3, 0.4) is 0 Å². The molecule has 0 aliphatic heterocycles. The number of aromatic amines is 1. The molecule has 0 atom stereocenters. The second-order valence-electron chi connectivity index (χ2n) is 6.38. The number of nitrogens with zero attached hydrogens (tertiary/aromatic N) is 2. The number of nitriles is 1. The van der Waals surface area contributed by atoms with Gasteiger partial charge in [-0.2, -0.15) is 5.26 Å². The molecule has 0 spiro atoms. The first-order chi connectivity index (χ1) is 13.2. The third kappa shape index (κ3) is 3.44. The van der Waals surface area contributed by atoms with Gasteiger partial charge < -0.3 is 14.8 Å². The Bertz CT molecular complexity index is 1030. The van der Waals surface area contributed by atoms with Crippen LogP contribution in [0.4, 0.5) is 0 Å². The van der Waals surface area contributed by atoms with Gasteiger partial charge in [0.2, 0.25) is 0 Å². The fourth-order valence-electron chi connectivity index (χ4n) is 3.19. The van der Waals surface area contributed by atoms with Gasteiger partial charge >= 0.3 is 5.97 Å². The molecule has 7 heteroatoms. The average molecular weight is 379 g/mol. The molecule has 136 valence electrons. The maximum absolute atomic E-state index is 12.3. The Morgan fingerprint density at radius 1 is 1.33 bits per heavy atom. The number of hydrogen-bond acceptors (Lipinski definition) is 6. The molecule has 1 aromatic carbocycles. The first-order valence-corrected chi connectivity index (χ1v) is 9.53. The Morgan fingerprint density at radius 3 is 2.93 bits per heavy atom. The van der Waals surface area contributed by atoms with Crippen molar-refractivity contribution in [2.75, 3.05) is 6.61 Å². The van der Waals surface area contributed by atoms with Crippen molar-refractivity contribution >= 4 is 33.9 Å². The SMILES string of the molecule is N#CC(=C(O)COC(=O)c1cc2c(s1)CCCC2)c1nc2ccccc2[nH]1. The molecule has 0 fully saturated rings. The van der Waals surface area contributed by atoms with Gasteiger partial charge in [0.1, 0.15) is 23.1 Å². The van der Waals surface area contributed by atoms with Crippen LogP contribution < -0.4 is 0 Å². The lowest BCUT2D eigenvalue weighted by Gasteiger charge is -2.08. The molecule has 4 rings (SSSR count). The normalized spacial score (nSPS) is 14.3. The molecule has 0 amide bonds. The first kappa shape index (κ1) is 17.3.